The number of pyridine rings is 1. The molecule has 1 aromatic heterocycles. The number of methoxy groups -OCH3 is 1. The van der Waals surface area contributed by atoms with Gasteiger partial charge < -0.3 is 9.84 Å². The van der Waals surface area contributed by atoms with E-state index in [2.05, 4.69) is 11.8 Å². The van der Waals surface area contributed by atoms with Gasteiger partial charge in [0.05, 0.1) is 24.4 Å². The van der Waals surface area contributed by atoms with E-state index in [9.17, 15) is 9.50 Å². The van der Waals surface area contributed by atoms with Crippen molar-refractivity contribution >= 4 is 10.9 Å². The first kappa shape index (κ1) is 20.4. The number of piperidine rings is 3. The zero-order valence-electron chi connectivity index (χ0n) is 18.1. The van der Waals surface area contributed by atoms with Crippen molar-refractivity contribution in [1.29, 1.82) is 0 Å². The van der Waals surface area contributed by atoms with Crippen molar-refractivity contribution in [3.05, 3.63) is 59.9 Å². The molecule has 5 heteroatoms. The van der Waals surface area contributed by atoms with Crippen molar-refractivity contribution in [2.24, 2.45) is 11.8 Å². The summed E-state index contributed by atoms with van der Waals surface area (Å²) in [5.41, 5.74) is 2.53. The van der Waals surface area contributed by atoms with E-state index < -0.39 is 6.10 Å². The van der Waals surface area contributed by atoms with E-state index in [0.717, 1.165) is 47.6 Å². The molecular weight excluding hydrogens is 391 g/mol. The lowest BCUT2D eigenvalue weighted by Gasteiger charge is -2.51. The molecule has 2 aromatic carbocycles. The maximum Gasteiger partial charge on any atom is 0.132 e. The minimum Gasteiger partial charge on any atom is -0.497 e. The molecule has 2 bridgehead atoms. The SMILES string of the molecule is CC[C@H]1CN2CC[C@@H]1C[C@H]2[C@H](O)c1cc(-c2ccccc2F)nc2ccc(OC)cc12. The average molecular weight is 421 g/mol. The summed E-state index contributed by atoms with van der Waals surface area (Å²) >= 11 is 0. The minimum absolute atomic E-state index is 0.0758. The first-order valence-electron chi connectivity index (χ1n) is 11.2. The van der Waals surface area contributed by atoms with Gasteiger partial charge in [-0.1, -0.05) is 25.5 Å². The molecule has 0 amide bonds. The van der Waals surface area contributed by atoms with Crippen molar-refractivity contribution in [2.75, 3.05) is 20.2 Å². The normalized spacial score (nSPS) is 26.2. The lowest BCUT2D eigenvalue weighted by atomic mass is 9.72. The lowest BCUT2D eigenvalue weighted by molar-refractivity contribution is -0.0562. The highest BCUT2D eigenvalue weighted by atomic mass is 19.1. The van der Waals surface area contributed by atoms with Gasteiger partial charge in [0.15, 0.2) is 0 Å². The third kappa shape index (κ3) is 3.60. The van der Waals surface area contributed by atoms with Gasteiger partial charge in [0.2, 0.25) is 0 Å². The van der Waals surface area contributed by atoms with Gasteiger partial charge in [0.1, 0.15) is 11.6 Å². The van der Waals surface area contributed by atoms with Gasteiger partial charge in [0, 0.05) is 23.5 Å². The van der Waals surface area contributed by atoms with Crippen LogP contribution in [0.15, 0.2) is 48.5 Å². The second-order valence-corrected chi connectivity index (χ2v) is 8.92. The Morgan fingerprint density at radius 2 is 2.06 bits per heavy atom. The molecule has 3 aliphatic heterocycles. The van der Waals surface area contributed by atoms with Crippen molar-refractivity contribution in [3.8, 4) is 17.0 Å². The van der Waals surface area contributed by atoms with Crippen LogP contribution in [0.25, 0.3) is 22.2 Å². The molecule has 0 spiro atoms. The number of ether oxygens (including phenoxy) is 1. The second kappa shape index (κ2) is 8.21. The summed E-state index contributed by atoms with van der Waals surface area (Å²) in [7, 11) is 1.63. The van der Waals surface area contributed by atoms with Crippen molar-refractivity contribution in [1.82, 2.24) is 9.88 Å². The van der Waals surface area contributed by atoms with E-state index in [0.29, 0.717) is 17.2 Å². The van der Waals surface area contributed by atoms with Crippen LogP contribution in [0.1, 0.15) is 37.9 Å². The highest BCUT2D eigenvalue weighted by Crippen LogP contribution is 2.43. The molecule has 31 heavy (non-hydrogen) atoms. The summed E-state index contributed by atoms with van der Waals surface area (Å²) in [5.74, 6) is 1.80. The van der Waals surface area contributed by atoms with Gasteiger partial charge in [-0.05, 0) is 73.2 Å². The van der Waals surface area contributed by atoms with Crippen molar-refractivity contribution in [2.45, 2.75) is 38.3 Å². The number of benzene rings is 2. The van der Waals surface area contributed by atoms with E-state index in [-0.39, 0.29) is 11.9 Å². The van der Waals surface area contributed by atoms with Gasteiger partial charge in [-0.2, -0.15) is 0 Å². The van der Waals surface area contributed by atoms with Crippen LogP contribution in [0.4, 0.5) is 4.39 Å². The summed E-state index contributed by atoms with van der Waals surface area (Å²) in [4.78, 5) is 7.18. The number of aromatic nitrogens is 1. The Hall–Kier alpha value is -2.50. The molecule has 0 saturated carbocycles. The molecule has 0 aliphatic carbocycles. The predicted molar refractivity (Wildman–Crippen MR) is 121 cm³/mol. The largest absolute Gasteiger partial charge is 0.497 e. The van der Waals surface area contributed by atoms with Crippen LogP contribution in [0.3, 0.4) is 0 Å². The molecule has 4 nitrogen and oxygen atoms in total. The highest BCUT2D eigenvalue weighted by Gasteiger charge is 2.42. The summed E-state index contributed by atoms with van der Waals surface area (Å²) in [6.07, 6.45) is 2.75. The van der Waals surface area contributed by atoms with Gasteiger partial charge in [-0.15, -0.1) is 0 Å². The first-order valence-corrected chi connectivity index (χ1v) is 11.2. The Labute approximate surface area is 182 Å². The average Bonchev–Trinajstić information content (AvgIpc) is 2.83. The molecule has 3 saturated heterocycles. The molecule has 6 rings (SSSR count). The number of aliphatic hydroxyl groups is 1. The first-order chi connectivity index (χ1) is 15.1. The van der Waals surface area contributed by atoms with Crippen LogP contribution in [-0.4, -0.2) is 41.2 Å². The van der Waals surface area contributed by atoms with Gasteiger partial charge in [-0.3, -0.25) is 4.90 Å². The Morgan fingerprint density at radius 3 is 2.77 bits per heavy atom. The summed E-state index contributed by atoms with van der Waals surface area (Å²) in [5, 5.41) is 12.5. The number of aliphatic hydroxyl groups excluding tert-OH is 1. The van der Waals surface area contributed by atoms with Crippen LogP contribution in [0.2, 0.25) is 0 Å². The van der Waals surface area contributed by atoms with Gasteiger partial charge >= 0.3 is 0 Å². The molecule has 3 aromatic rings. The monoisotopic (exact) mass is 420 g/mol. The third-order valence-corrected chi connectivity index (χ3v) is 7.34. The number of halogens is 1. The lowest BCUT2D eigenvalue weighted by Crippen LogP contribution is -2.55. The smallest absolute Gasteiger partial charge is 0.132 e. The van der Waals surface area contributed by atoms with E-state index in [1.54, 1.807) is 19.2 Å². The fourth-order valence-electron chi connectivity index (χ4n) is 5.59. The van der Waals surface area contributed by atoms with E-state index >= 15 is 0 Å². The molecule has 3 fully saturated rings. The molecular formula is C26H29FN2O2. The Morgan fingerprint density at radius 1 is 1.23 bits per heavy atom. The van der Waals surface area contributed by atoms with Gasteiger partial charge in [0.25, 0.3) is 0 Å². The molecule has 3 aliphatic rings. The standard InChI is InChI=1S/C26H29FN2O2/c1-3-16-15-29-11-10-17(16)12-25(29)26(30)21-14-24(19-6-4-5-7-22(19)27)28-23-9-8-18(31-2)13-20(21)23/h4-9,13-14,16-17,25-26,30H,3,10-12,15H2,1-2H3/t16-,17+,25-,26+/m0/s1. The number of rotatable bonds is 5. The second-order valence-electron chi connectivity index (χ2n) is 8.92. The zero-order chi connectivity index (χ0) is 21.5. The molecule has 4 heterocycles. The topological polar surface area (TPSA) is 45.6 Å². The fourth-order valence-corrected chi connectivity index (χ4v) is 5.59. The quantitative estimate of drug-likeness (QED) is 0.616. The number of fused-ring (bicyclic) bond motifs is 4. The van der Waals surface area contributed by atoms with Crippen molar-refractivity contribution < 1.29 is 14.2 Å². The maximum atomic E-state index is 14.6. The summed E-state index contributed by atoms with van der Waals surface area (Å²) < 4.78 is 20.0. The molecule has 0 radical (unpaired) electrons. The minimum atomic E-state index is -0.663. The molecule has 162 valence electrons. The van der Waals surface area contributed by atoms with Crippen LogP contribution in [0, 0.1) is 17.7 Å². The Bertz CT molecular complexity index is 1100. The van der Waals surface area contributed by atoms with Crippen LogP contribution < -0.4 is 4.74 Å². The molecule has 1 unspecified atom stereocenters. The van der Waals surface area contributed by atoms with E-state index in [4.69, 9.17) is 9.72 Å². The Balaban J connectivity index is 1.61. The molecule has 1 N–H and O–H groups in total. The van der Waals surface area contributed by atoms with Crippen LogP contribution in [-0.2, 0) is 0 Å². The zero-order valence-corrected chi connectivity index (χ0v) is 18.1. The molecule has 5 atom stereocenters. The van der Waals surface area contributed by atoms with E-state index in [1.165, 1.54) is 18.9 Å². The highest BCUT2D eigenvalue weighted by molar-refractivity contribution is 5.87. The maximum absolute atomic E-state index is 14.6. The number of nitrogens with zero attached hydrogens (tertiary/aromatic N) is 2. The fraction of sp³-hybridized carbons (Fsp3) is 0.423. The third-order valence-electron chi connectivity index (χ3n) is 7.34. The number of hydrogen-bond acceptors (Lipinski definition) is 4. The number of hydrogen-bond donors (Lipinski definition) is 1. The predicted octanol–water partition coefficient (Wildman–Crippen LogP) is 5.20. The van der Waals surface area contributed by atoms with E-state index in [1.807, 2.05) is 30.3 Å². The van der Waals surface area contributed by atoms with Gasteiger partial charge in [-0.25, -0.2) is 9.37 Å². The van der Waals surface area contributed by atoms with Crippen molar-refractivity contribution in [3.63, 3.8) is 0 Å². The Kier molecular flexibility index (Phi) is 5.40. The van der Waals surface area contributed by atoms with Crippen LogP contribution in [0.5, 0.6) is 5.75 Å². The summed E-state index contributed by atoms with van der Waals surface area (Å²) in [6.45, 7) is 4.35. The summed E-state index contributed by atoms with van der Waals surface area (Å²) in [6, 6.07) is 14.3. The van der Waals surface area contributed by atoms with Crippen LogP contribution >= 0.6 is 0 Å².